The Morgan fingerprint density at radius 1 is 1.26 bits per heavy atom. The van der Waals surface area contributed by atoms with E-state index in [1.807, 2.05) is 30.3 Å². The van der Waals surface area contributed by atoms with E-state index in [0.29, 0.717) is 17.9 Å². The zero-order chi connectivity index (χ0) is 21.7. The fraction of sp³-hybridized carbons (Fsp3) is 0.286. The first kappa shape index (κ1) is 20.6. The molecule has 0 saturated carbocycles. The van der Waals surface area contributed by atoms with Crippen LogP contribution in [0, 0.1) is 0 Å². The number of H-pyrrole nitrogens is 1. The minimum atomic E-state index is -1.45. The number of aromatic amines is 1. The molecule has 3 heterocycles. The Bertz CT molecular complexity index is 1040. The molecule has 1 saturated heterocycles. The molecule has 10 nitrogen and oxygen atoms in total. The van der Waals surface area contributed by atoms with E-state index in [4.69, 9.17) is 4.74 Å². The van der Waals surface area contributed by atoms with Crippen molar-refractivity contribution < 1.29 is 19.4 Å². The van der Waals surface area contributed by atoms with Crippen LogP contribution in [0.1, 0.15) is 21.0 Å². The molecule has 1 aliphatic heterocycles. The zero-order valence-corrected chi connectivity index (χ0v) is 16.7. The standard InChI is InChI=1S/C21H22N6O4/c28-19(18-11-22-6-7-23-18)24-12-21(30)13-27(8-9-31-14-21)20(29)17-10-16(25-26-17)15-4-2-1-3-5-15/h1-7,10-11,30H,8-9,12-14H2,(H,24,28)(H,25,26)/t21-/m0/s1. The van der Waals surface area contributed by atoms with Crippen molar-refractivity contribution in [2.75, 3.05) is 32.8 Å². The number of hydrogen-bond acceptors (Lipinski definition) is 7. The molecule has 3 N–H and O–H groups in total. The third-order valence-electron chi connectivity index (χ3n) is 4.90. The van der Waals surface area contributed by atoms with Crippen LogP contribution in [0.2, 0.25) is 0 Å². The third kappa shape index (κ3) is 4.93. The highest BCUT2D eigenvalue weighted by molar-refractivity contribution is 5.93. The lowest BCUT2D eigenvalue weighted by molar-refractivity contribution is -0.0324. The summed E-state index contributed by atoms with van der Waals surface area (Å²) in [6.07, 6.45) is 4.21. The number of rotatable bonds is 5. The first-order valence-electron chi connectivity index (χ1n) is 9.78. The lowest BCUT2D eigenvalue weighted by Crippen LogP contribution is -2.53. The summed E-state index contributed by atoms with van der Waals surface area (Å²) in [6, 6.07) is 11.2. The van der Waals surface area contributed by atoms with E-state index in [2.05, 4.69) is 25.5 Å². The van der Waals surface area contributed by atoms with Gasteiger partial charge in [0.2, 0.25) is 0 Å². The maximum Gasteiger partial charge on any atom is 0.272 e. The van der Waals surface area contributed by atoms with E-state index in [9.17, 15) is 14.7 Å². The van der Waals surface area contributed by atoms with Crippen LogP contribution in [-0.2, 0) is 4.74 Å². The second kappa shape index (κ2) is 9.02. The number of hydrogen-bond donors (Lipinski definition) is 3. The molecule has 3 aromatic rings. The number of aliphatic hydroxyl groups is 1. The van der Waals surface area contributed by atoms with Crippen LogP contribution in [0.3, 0.4) is 0 Å². The van der Waals surface area contributed by atoms with E-state index < -0.39 is 11.5 Å². The number of carbonyl (C=O) groups excluding carboxylic acids is 2. The number of ether oxygens (including phenoxy) is 1. The van der Waals surface area contributed by atoms with Crippen LogP contribution in [0.5, 0.6) is 0 Å². The maximum atomic E-state index is 13.0. The zero-order valence-electron chi connectivity index (χ0n) is 16.7. The van der Waals surface area contributed by atoms with Crippen molar-refractivity contribution in [3.63, 3.8) is 0 Å². The highest BCUT2D eigenvalue weighted by atomic mass is 16.5. The minimum Gasteiger partial charge on any atom is -0.384 e. The number of carbonyl (C=O) groups is 2. The normalized spacial score (nSPS) is 18.9. The molecule has 160 valence electrons. The van der Waals surface area contributed by atoms with Gasteiger partial charge in [0.25, 0.3) is 11.8 Å². The molecule has 1 aliphatic rings. The second-order valence-corrected chi connectivity index (χ2v) is 7.31. The Kier molecular flexibility index (Phi) is 6.01. The Labute approximate surface area is 178 Å². The van der Waals surface area contributed by atoms with Gasteiger partial charge in [0.05, 0.1) is 38.2 Å². The van der Waals surface area contributed by atoms with Crippen molar-refractivity contribution in [3.05, 3.63) is 66.4 Å². The molecule has 0 unspecified atom stereocenters. The van der Waals surface area contributed by atoms with Gasteiger partial charge in [0, 0.05) is 24.5 Å². The summed E-state index contributed by atoms with van der Waals surface area (Å²) in [5.41, 5.74) is 0.541. The maximum absolute atomic E-state index is 13.0. The van der Waals surface area contributed by atoms with Crippen LogP contribution >= 0.6 is 0 Å². The van der Waals surface area contributed by atoms with Gasteiger partial charge >= 0.3 is 0 Å². The van der Waals surface area contributed by atoms with Crippen LogP contribution in [0.15, 0.2) is 55.0 Å². The van der Waals surface area contributed by atoms with Crippen molar-refractivity contribution in [2.24, 2.45) is 0 Å². The van der Waals surface area contributed by atoms with Gasteiger partial charge in [0.1, 0.15) is 17.0 Å². The van der Waals surface area contributed by atoms with Crippen molar-refractivity contribution in [1.82, 2.24) is 30.4 Å². The monoisotopic (exact) mass is 422 g/mol. The predicted molar refractivity (Wildman–Crippen MR) is 110 cm³/mol. The summed E-state index contributed by atoms with van der Waals surface area (Å²) in [5.74, 6) is -0.774. The van der Waals surface area contributed by atoms with Gasteiger partial charge in [0.15, 0.2) is 0 Å². The van der Waals surface area contributed by atoms with E-state index in [1.165, 1.54) is 23.5 Å². The Hall–Kier alpha value is -3.63. The van der Waals surface area contributed by atoms with Crippen LogP contribution in [0.4, 0.5) is 0 Å². The average Bonchev–Trinajstić information content (AvgIpc) is 3.22. The van der Waals surface area contributed by atoms with E-state index in [-0.39, 0.29) is 37.9 Å². The molecule has 2 amide bonds. The molecule has 0 spiro atoms. The van der Waals surface area contributed by atoms with Crippen LogP contribution in [-0.4, -0.2) is 80.4 Å². The molecule has 4 rings (SSSR count). The van der Waals surface area contributed by atoms with Gasteiger partial charge in [-0.05, 0) is 6.07 Å². The Morgan fingerprint density at radius 3 is 2.87 bits per heavy atom. The predicted octanol–water partition coefficient (Wildman–Crippen LogP) is 0.500. The van der Waals surface area contributed by atoms with E-state index in [1.54, 1.807) is 6.07 Å². The average molecular weight is 422 g/mol. The lowest BCUT2D eigenvalue weighted by Gasteiger charge is -2.30. The topological polar surface area (TPSA) is 133 Å². The van der Waals surface area contributed by atoms with Gasteiger partial charge in [-0.3, -0.25) is 19.7 Å². The van der Waals surface area contributed by atoms with Crippen molar-refractivity contribution in [3.8, 4) is 11.3 Å². The first-order valence-corrected chi connectivity index (χ1v) is 9.78. The van der Waals surface area contributed by atoms with Gasteiger partial charge in [-0.25, -0.2) is 4.98 Å². The Morgan fingerprint density at radius 2 is 2.10 bits per heavy atom. The van der Waals surface area contributed by atoms with Gasteiger partial charge < -0.3 is 20.1 Å². The molecule has 0 aliphatic carbocycles. The molecule has 1 fully saturated rings. The molecule has 0 radical (unpaired) electrons. The van der Waals surface area contributed by atoms with Crippen molar-refractivity contribution in [2.45, 2.75) is 5.60 Å². The first-order chi connectivity index (χ1) is 15.0. The van der Waals surface area contributed by atoms with Crippen LogP contribution < -0.4 is 5.32 Å². The number of benzene rings is 1. The smallest absolute Gasteiger partial charge is 0.272 e. The number of amides is 2. The van der Waals surface area contributed by atoms with Crippen molar-refractivity contribution in [1.29, 1.82) is 0 Å². The van der Waals surface area contributed by atoms with E-state index >= 15 is 0 Å². The highest BCUT2D eigenvalue weighted by Crippen LogP contribution is 2.19. The minimum absolute atomic E-state index is 0.00767. The van der Waals surface area contributed by atoms with Crippen molar-refractivity contribution >= 4 is 11.8 Å². The quantitative estimate of drug-likeness (QED) is 0.545. The number of aromatic nitrogens is 4. The Balaban J connectivity index is 1.43. The molecular formula is C21H22N6O4. The summed E-state index contributed by atoms with van der Waals surface area (Å²) in [5, 5.41) is 20.6. The molecular weight excluding hydrogens is 400 g/mol. The second-order valence-electron chi connectivity index (χ2n) is 7.31. The summed E-state index contributed by atoms with van der Waals surface area (Å²) in [7, 11) is 0. The highest BCUT2D eigenvalue weighted by Gasteiger charge is 2.35. The fourth-order valence-electron chi connectivity index (χ4n) is 3.31. The third-order valence-corrected chi connectivity index (χ3v) is 4.90. The molecule has 10 heteroatoms. The molecule has 0 bridgehead atoms. The number of nitrogens with one attached hydrogen (secondary N) is 2. The molecule has 1 atom stereocenters. The lowest BCUT2D eigenvalue weighted by atomic mass is 10.0. The van der Waals surface area contributed by atoms with Crippen LogP contribution in [0.25, 0.3) is 11.3 Å². The molecule has 1 aromatic carbocycles. The number of β-amino-alcohol motifs (C(OH)–C–C–N with tert-alkyl or cyclic N) is 1. The van der Waals surface area contributed by atoms with Gasteiger partial charge in [-0.1, -0.05) is 30.3 Å². The fourth-order valence-corrected chi connectivity index (χ4v) is 3.31. The number of nitrogens with zero attached hydrogens (tertiary/aromatic N) is 4. The van der Waals surface area contributed by atoms with Gasteiger partial charge in [-0.15, -0.1) is 0 Å². The molecule has 2 aromatic heterocycles. The largest absolute Gasteiger partial charge is 0.384 e. The molecule has 31 heavy (non-hydrogen) atoms. The summed E-state index contributed by atoms with van der Waals surface area (Å²) < 4.78 is 5.49. The SMILES string of the molecule is O=C(NC[C@@]1(O)COCCN(C(=O)c2cc(-c3ccccc3)n[nH]2)C1)c1cnccn1. The van der Waals surface area contributed by atoms with E-state index in [0.717, 1.165) is 5.56 Å². The summed E-state index contributed by atoms with van der Waals surface area (Å²) in [6.45, 7) is 0.442. The summed E-state index contributed by atoms with van der Waals surface area (Å²) >= 11 is 0. The summed E-state index contributed by atoms with van der Waals surface area (Å²) in [4.78, 5) is 34.5. The van der Waals surface area contributed by atoms with Gasteiger partial charge in [-0.2, -0.15) is 5.10 Å².